The lowest BCUT2D eigenvalue weighted by Gasteiger charge is -2.33. The first kappa shape index (κ1) is 24.6. The van der Waals surface area contributed by atoms with Crippen molar-refractivity contribution in [2.24, 2.45) is 5.73 Å². The van der Waals surface area contributed by atoms with Crippen LogP contribution in [0.1, 0.15) is 49.4 Å². The number of rotatable bonds is 11. The highest BCUT2D eigenvalue weighted by molar-refractivity contribution is 5.98. The molecule has 3 aromatic rings. The van der Waals surface area contributed by atoms with Crippen LogP contribution in [-0.2, 0) is 14.3 Å². The molecule has 2 amide bonds. The second-order valence-electron chi connectivity index (χ2n) is 8.52. The van der Waals surface area contributed by atoms with E-state index in [2.05, 4.69) is 22.3 Å². The van der Waals surface area contributed by atoms with Crippen LogP contribution in [0, 0.1) is 0 Å². The third-order valence-electron chi connectivity index (χ3n) is 6.11. The Hall–Kier alpha value is -3.56. The van der Waals surface area contributed by atoms with Crippen molar-refractivity contribution in [3.05, 3.63) is 66.6 Å². The quantitative estimate of drug-likeness (QED) is 0.409. The molecule has 4 rings (SSSR count). The Morgan fingerprint density at radius 3 is 2.57 bits per heavy atom. The number of unbranched alkanes of at least 4 members (excludes halogenated alkanes) is 3. The van der Waals surface area contributed by atoms with E-state index in [0.717, 1.165) is 36.8 Å². The molecule has 3 N–H and O–H groups in total. The van der Waals surface area contributed by atoms with E-state index in [4.69, 9.17) is 15.2 Å². The lowest BCUT2D eigenvalue weighted by molar-refractivity contribution is -0.190. The molecular weight excluding hydrogens is 446 g/mol. The van der Waals surface area contributed by atoms with Crippen molar-refractivity contribution in [1.29, 1.82) is 0 Å². The number of amides is 2. The number of nitrogens with two attached hydrogens (primary N) is 1. The summed E-state index contributed by atoms with van der Waals surface area (Å²) in [5.74, 6) is -2.47. The first-order chi connectivity index (χ1) is 17.0. The maximum atomic E-state index is 13.5. The van der Waals surface area contributed by atoms with E-state index >= 15 is 0 Å². The number of pyridine rings is 1. The van der Waals surface area contributed by atoms with Crippen LogP contribution in [0.15, 0.2) is 61.1 Å². The highest BCUT2D eigenvalue weighted by Crippen LogP contribution is 2.28. The molecule has 1 aromatic carbocycles. The summed E-state index contributed by atoms with van der Waals surface area (Å²) < 4.78 is 12.9. The molecule has 3 heterocycles. The fraction of sp³-hybridized carbons (Fsp3) is 0.385. The summed E-state index contributed by atoms with van der Waals surface area (Å²) in [6, 6.07) is 12.4. The van der Waals surface area contributed by atoms with Crippen LogP contribution < -0.4 is 11.1 Å². The van der Waals surface area contributed by atoms with Gasteiger partial charge in [-0.3, -0.25) is 9.59 Å². The van der Waals surface area contributed by atoms with E-state index in [1.165, 1.54) is 0 Å². The molecule has 0 aliphatic carbocycles. The smallest absolute Gasteiger partial charge is 0.280 e. The second kappa shape index (κ2) is 11.2. The Morgan fingerprint density at radius 1 is 1.09 bits per heavy atom. The predicted molar refractivity (Wildman–Crippen MR) is 131 cm³/mol. The Balaban J connectivity index is 1.59. The van der Waals surface area contributed by atoms with Crippen molar-refractivity contribution in [2.45, 2.75) is 50.9 Å². The van der Waals surface area contributed by atoms with Gasteiger partial charge in [0.25, 0.3) is 17.6 Å². The number of carbonyl (C=O) groups is 2. The van der Waals surface area contributed by atoms with Gasteiger partial charge in [-0.1, -0.05) is 62.9 Å². The highest BCUT2D eigenvalue weighted by Gasteiger charge is 2.50. The van der Waals surface area contributed by atoms with Gasteiger partial charge in [-0.15, -0.1) is 0 Å². The largest absolute Gasteiger partial charge is 0.365 e. The number of ether oxygens (including phenoxy) is 2. The number of nitrogens with one attached hydrogen (secondary N) is 1. The topological polar surface area (TPSA) is 121 Å². The molecule has 0 saturated carbocycles. The van der Waals surface area contributed by atoms with E-state index in [9.17, 15) is 9.59 Å². The Morgan fingerprint density at radius 2 is 1.86 bits per heavy atom. The molecule has 1 aliphatic rings. The zero-order valence-corrected chi connectivity index (χ0v) is 19.9. The monoisotopic (exact) mass is 477 g/mol. The fourth-order valence-electron chi connectivity index (χ4n) is 4.29. The normalized spacial score (nSPS) is 15.6. The lowest BCUT2D eigenvalue weighted by atomic mass is 9.98. The standard InChI is InChI=1S/C26H31N5O4/c1-2-3-4-8-13-22(26(25(27)33)34-15-16-35-26)30-24(32)21-12-9-14-28-23(21)31-18-20(17-29-31)19-10-6-5-7-11-19/h5-7,9-12,14,17-18,22H,2-4,8,13,15-16H2,1H3,(H2,27,33)(H,30,32). The molecule has 0 bridgehead atoms. The van der Waals surface area contributed by atoms with E-state index < -0.39 is 23.6 Å². The number of benzene rings is 1. The molecule has 35 heavy (non-hydrogen) atoms. The number of nitrogens with zero attached hydrogens (tertiary/aromatic N) is 3. The highest BCUT2D eigenvalue weighted by atomic mass is 16.7. The summed E-state index contributed by atoms with van der Waals surface area (Å²) in [4.78, 5) is 30.3. The van der Waals surface area contributed by atoms with Gasteiger partial charge in [-0.05, 0) is 24.1 Å². The minimum Gasteiger partial charge on any atom is -0.365 e. The van der Waals surface area contributed by atoms with Crippen LogP contribution in [0.4, 0.5) is 0 Å². The van der Waals surface area contributed by atoms with Gasteiger partial charge >= 0.3 is 0 Å². The van der Waals surface area contributed by atoms with E-state index in [1.54, 1.807) is 29.2 Å². The summed E-state index contributed by atoms with van der Waals surface area (Å²) in [7, 11) is 0. The van der Waals surface area contributed by atoms with Gasteiger partial charge in [0.1, 0.15) is 0 Å². The average Bonchev–Trinajstić information content (AvgIpc) is 3.58. The molecule has 1 unspecified atom stereocenters. The summed E-state index contributed by atoms with van der Waals surface area (Å²) in [6.07, 6.45) is 9.53. The summed E-state index contributed by atoms with van der Waals surface area (Å²) in [6.45, 7) is 2.59. The van der Waals surface area contributed by atoms with Crippen LogP contribution >= 0.6 is 0 Å². The summed E-state index contributed by atoms with van der Waals surface area (Å²) in [5, 5.41) is 7.38. The predicted octanol–water partition coefficient (Wildman–Crippen LogP) is 3.23. The maximum absolute atomic E-state index is 13.5. The minimum atomic E-state index is -1.68. The fourth-order valence-corrected chi connectivity index (χ4v) is 4.29. The Bertz CT molecular complexity index is 1140. The van der Waals surface area contributed by atoms with E-state index in [0.29, 0.717) is 17.8 Å². The maximum Gasteiger partial charge on any atom is 0.280 e. The third-order valence-corrected chi connectivity index (χ3v) is 6.11. The SMILES string of the molecule is CCCCCCC(NC(=O)c1cccnc1-n1cc(-c2ccccc2)cn1)C1(C(N)=O)OCCO1. The first-order valence-corrected chi connectivity index (χ1v) is 12.0. The van der Waals surface area contributed by atoms with Crippen molar-refractivity contribution >= 4 is 11.8 Å². The van der Waals surface area contributed by atoms with Gasteiger partial charge in [0.05, 0.1) is 31.0 Å². The van der Waals surface area contributed by atoms with Crippen LogP contribution in [0.25, 0.3) is 16.9 Å². The van der Waals surface area contributed by atoms with Crippen LogP contribution in [0.2, 0.25) is 0 Å². The molecule has 1 fully saturated rings. The zero-order valence-electron chi connectivity index (χ0n) is 19.9. The number of carbonyl (C=O) groups excluding carboxylic acids is 2. The molecular formula is C26H31N5O4. The molecule has 1 aliphatic heterocycles. The summed E-state index contributed by atoms with van der Waals surface area (Å²) >= 11 is 0. The van der Waals surface area contributed by atoms with E-state index in [1.807, 2.05) is 36.5 Å². The zero-order chi connectivity index (χ0) is 24.7. The van der Waals surface area contributed by atoms with Crippen molar-refractivity contribution in [2.75, 3.05) is 13.2 Å². The summed E-state index contributed by atoms with van der Waals surface area (Å²) in [5.41, 5.74) is 7.91. The lowest BCUT2D eigenvalue weighted by Crippen LogP contribution is -2.60. The average molecular weight is 478 g/mol. The number of aromatic nitrogens is 3. The van der Waals surface area contributed by atoms with E-state index in [-0.39, 0.29) is 13.2 Å². The van der Waals surface area contributed by atoms with Crippen molar-refractivity contribution in [1.82, 2.24) is 20.1 Å². The molecule has 0 radical (unpaired) electrons. The molecule has 0 spiro atoms. The van der Waals surface area contributed by atoms with Crippen LogP contribution in [0.5, 0.6) is 0 Å². The van der Waals surface area contributed by atoms with Gasteiger partial charge in [-0.2, -0.15) is 5.10 Å². The Kier molecular flexibility index (Phi) is 7.89. The Labute approximate surface area is 204 Å². The molecule has 1 saturated heterocycles. The minimum absolute atomic E-state index is 0.234. The third kappa shape index (κ3) is 5.41. The second-order valence-corrected chi connectivity index (χ2v) is 8.52. The van der Waals surface area contributed by atoms with Crippen molar-refractivity contribution < 1.29 is 19.1 Å². The van der Waals surface area contributed by atoms with Crippen molar-refractivity contribution in [3.63, 3.8) is 0 Å². The van der Waals surface area contributed by atoms with Crippen LogP contribution in [-0.4, -0.2) is 51.6 Å². The number of primary amides is 1. The number of hydrogen-bond donors (Lipinski definition) is 2. The number of hydrogen-bond acceptors (Lipinski definition) is 6. The van der Waals surface area contributed by atoms with Gasteiger partial charge in [0.2, 0.25) is 0 Å². The van der Waals surface area contributed by atoms with Gasteiger partial charge in [0, 0.05) is 18.0 Å². The van der Waals surface area contributed by atoms with Gasteiger partial charge < -0.3 is 20.5 Å². The van der Waals surface area contributed by atoms with Crippen LogP contribution in [0.3, 0.4) is 0 Å². The van der Waals surface area contributed by atoms with Gasteiger partial charge in [0.15, 0.2) is 5.82 Å². The molecule has 9 nitrogen and oxygen atoms in total. The molecule has 2 aromatic heterocycles. The van der Waals surface area contributed by atoms with Crippen molar-refractivity contribution in [3.8, 4) is 16.9 Å². The molecule has 9 heteroatoms. The molecule has 1 atom stereocenters. The first-order valence-electron chi connectivity index (χ1n) is 12.0. The van der Waals surface area contributed by atoms with Gasteiger partial charge in [-0.25, -0.2) is 9.67 Å². The molecule has 184 valence electrons.